The lowest BCUT2D eigenvalue weighted by atomic mass is 9.81. The average molecular weight is 712 g/mol. The van der Waals surface area contributed by atoms with Crippen molar-refractivity contribution < 1.29 is 0 Å². The van der Waals surface area contributed by atoms with Gasteiger partial charge in [0.1, 0.15) is 0 Å². The third-order valence-electron chi connectivity index (χ3n) is 11.3. The third kappa shape index (κ3) is 5.17. The maximum absolute atomic E-state index is 4.68. The zero-order valence-corrected chi connectivity index (χ0v) is 30.4. The van der Waals surface area contributed by atoms with Gasteiger partial charge in [0.25, 0.3) is 0 Å². The van der Waals surface area contributed by atoms with Crippen molar-refractivity contribution in [3.8, 4) is 55.6 Å². The quantitative estimate of drug-likeness (QED) is 0.132. The molecule has 8 aromatic carbocycles. The Morgan fingerprint density at radius 2 is 0.714 bits per heavy atom. The summed E-state index contributed by atoms with van der Waals surface area (Å²) in [7, 11) is 0. The van der Waals surface area contributed by atoms with E-state index in [1.165, 1.54) is 81.9 Å². The molecule has 0 fully saturated rings. The highest BCUT2D eigenvalue weighted by atomic mass is 14.6. The van der Waals surface area contributed by atoms with E-state index in [9.17, 15) is 0 Å². The first-order valence-corrected chi connectivity index (χ1v) is 19.0. The highest BCUT2D eigenvalue weighted by molar-refractivity contribution is 6.29. The molecule has 56 heavy (non-hydrogen) atoms. The van der Waals surface area contributed by atoms with E-state index in [1.807, 2.05) is 55.4 Å². The van der Waals surface area contributed by atoms with Gasteiger partial charge in [0.15, 0.2) is 0 Å². The Kier molecular flexibility index (Phi) is 7.49. The number of benzene rings is 8. The van der Waals surface area contributed by atoms with Crippen molar-refractivity contribution in [1.29, 1.82) is 0 Å². The van der Waals surface area contributed by atoms with Crippen LogP contribution in [0.15, 0.2) is 201 Å². The van der Waals surface area contributed by atoms with E-state index < -0.39 is 0 Å². The first-order valence-electron chi connectivity index (χ1n) is 19.0. The molecule has 0 aliphatic heterocycles. The van der Waals surface area contributed by atoms with Crippen LogP contribution in [0.2, 0.25) is 0 Å². The van der Waals surface area contributed by atoms with E-state index >= 15 is 0 Å². The molecule has 0 bridgehead atoms. The first-order chi connectivity index (χ1) is 27.8. The molecule has 0 radical (unpaired) electrons. The van der Waals surface area contributed by atoms with Crippen molar-refractivity contribution in [2.24, 2.45) is 0 Å². The van der Waals surface area contributed by atoms with Gasteiger partial charge in [-0.3, -0.25) is 15.0 Å². The maximum Gasteiger partial charge on any atom is 0.0346 e. The molecule has 11 aromatic rings. The van der Waals surface area contributed by atoms with Gasteiger partial charge in [0, 0.05) is 53.9 Å². The van der Waals surface area contributed by atoms with Crippen LogP contribution < -0.4 is 0 Å². The molecule has 0 saturated carbocycles. The van der Waals surface area contributed by atoms with Crippen molar-refractivity contribution in [3.63, 3.8) is 0 Å². The topological polar surface area (TPSA) is 38.7 Å². The number of nitrogens with zero attached hydrogens (tertiary/aromatic N) is 3. The number of hydrogen-bond donors (Lipinski definition) is 0. The molecule has 3 heterocycles. The standard InChI is InChI=1S/C53H33N3/c1-2-11-34(12-3-1)37-22-23-44-46(28-37)51(40-16-9-25-55-32-40)49-30-47-45(29-48(49)50(44)39-15-8-24-54-31-39)42-18-6-7-19-43(42)52(53(47)41-17-10-26-56-33-41)38-21-20-35-13-4-5-14-36(35)27-38/h1-33H. The molecule has 3 aromatic heterocycles. The fourth-order valence-electron chi connectivity index (χ4n) is 8.82. The van der Waals surface area contributed by atoms with Gasteiger partial charge >= 0.3 is 0 Å². The van der Waals surface area contributed by atoms with Crippen molar-refractivity contribution >= 4 is 53.9 Å². The third-order valence-corrected chi connectivity index (χ3v) is 11.3. The van der Waals surface area contributed by atoms with Crippen LogP contribution in [0.5, 0.6) is 0 Å². The molecule has 0 N–H and O–H groups in total. The zero-order chi connectivity index (χ0) is 37.0. The molecular formula is C53H33N3. The summed E-state index contributed by atoms with van der Waals surface area (Å²) in [5.41, 5.74) is 11.5. The van der Waals surface area contributed by atoms with E-state index in [0.29, 0.717) is 0 Å². The van der Waals surface area contributed by atoms with E-state index in [4.69, 9.17) is 0 Å². The van der Waals surface area contributed by atoms with E-state index in [2.05, 4.69) is 161 Å². The number of rotatable bonds is 5. The fourth-order valence-corrected chi connectivity index (χ4v) is 8.82. The smallest absolute Gasteiger partial charge is 0.0346 e. The van der Waals surface area contributed by atoms with E-state index in [0.717, 1.165) is 27.6 Å². The van der Waals surface area contributed by atoms with Gasteiger partial charge in [-0.15, -0.1) is 0 Å². The van der Waals surface area contributed by atoms with Crippen molar-refractivity contribution in [1.82, 2.24) is 15.0 Å². The van der Waals surface area contributed by atoms with Crippen LogP contribution in [0.25, 0.3) is 109 Å². The van der Waals surface area contributed by atoms with Crippen LogP contribution in [0, 0.1) is 0 Å². The molecule has 11 rings (SSSR count). The molecule has 0 aliphatic carbocycles. The molecule has 0 aliphatic rings. The highest BCUT2D eigenvalue weighted by Gasteiger charge is 2.23. The molecular weight excluding hydrogens is 679 g/mol. The Morgan fingerprint density at radius 1 is 0.232 bits per heavy atom. The summed E-state index contributed by atoms with van der Waals surface area (Å²) in [6.45, 7) is 0. The van der Waals surface area contributed by atoms with Crippen molar-refractivity contribution in [2.75, 3.05) is 0 Å². The second-order valence-corrected chi connectivity index (χ2v) is 14.4. The molecule has 0 amide bonds. The van der Waals surface area contributed by atoms with Crippen LogP contribution in [-0.2, 0) is 0 Å². The number of fused-ring (bicyclic) bond motifs is 6. The Bertz CT molecular complexity index is 3270. The van der Waals surface area contributed by atoms with E-state index in [-0.39, 0.29) is 0 Å². The minimum Gasteiger partial charge on any atom is -0.264 e. The predicted octanol–water partition coefficient (Wildman–Crippen LogP) is 14.0. The monoisotopic (exact) mass is 711 g/mol. The lowest BCUT2D eigenvalue weighted by Gasteiger charge is -2.22. The largest absolute Gasteiger partial charge is 0.264 e. The lowest BCUT2D eigenvalue weighted by Crippen LogP contribution is -1.96. The number of hydrogen-bond acceptors (Lipinski definition) is 3. The zero-order valence-electron chi connectivity index (χ0n) is 30.4. The Morgan fingerprint density at radius 3 is 1.39 bits per heavy atom. The Labute approximate surface area is 324 Å². The maximum atomic E-state index is 4.68. The van der Waals surface area contributed by atoms with Crippen LogP contribution in [0.3, 0.4) is 0 Å². The van der Waals surface area contributed by atoms with Crippen LogP contribution in [0.4, 0.5) is 0 Å². The normalized spacial score (nSPS) is 11.6. The Hall–Kier alpha value is -7.49. The second-order valence-electron chi connectivity index (χ2n) is 14.4. The first kappa shape index (κ1) is 32.0. The van der Waals surface area contributed by atoms with Crippen LogP contribution >= 0.6 is 0 Å². The molecule has 0 atom stereocenters. The van der Waals surface area contributed by atoms with Crippen LogP contribution in [-0.4, -0.2) is 15.0 Å². The lowest BCUT2D eigenvalue weighted by molar-refractivity contribution is 1.33. The van der Waals surface area contributed by atoms with Gasteiger partial charge in [0.2, 0.25) is 0 Å². The molecule has 260 valence electrons. The second kappa shape index (κ2) is 13.1. The molecule has 3 heteroatoms. The summed E-state index contributed by atoms with van der Waals surface area (Å²) >= 11 is 0. The SMILES string of the molecule is c1ccc(-c2ccc3c(-c4cccnc4)c4cc5c(cc4c(-c4cccnc4)c3c2)c(-c2cccnc2)c(-c2ccc3ccccc3c2)c2ccccc25)cc1. The average Bonchev–Trinajstić information content (AvgIpc) is 3.28. The van der Waals surface area contributed by atoms with Crippen LogP contribution in [0.1, 0.15) is 0 Å². The summed E-state index contributed by atoms with van der Waals surface area (Å²) < 4.78 is 0. The van der Waals surface area contributed by atoms with Gasteiger partial charge in [-0.1, -0.05) is 121 Å². The summed E-state index contributed by atoms with van der Waals surface area (Å²) in [4.78, 5) is 14.0. The summed E-state index contributed by atoms with van der Waals surface area (Å²) in [6.07, 6.45) is 11.6. The van der Waals surface area contributed by atoms with Gasteiger partial charge in [-0.25, -0.2) is 0 Å². The van der Waals surface area contributed by atoms with Gasteiger partial charge < -0.3 is 0 Å². The summed E-state index contributed by atoms with van der Waals surface area (Å²) in [6, 6.07) is 59.4. The molecule has 0 saturated heterocycles. The van der Waals surface area contributed by atoms with Gasteiger partial charge in [-0.2, -0.15) is 0 Å². The summed E-state index contributed by atoms with van der Waals surface area (Å²) in [5, 5.41) is 11.9. The highest BCUT2D eigenvalue weighted by Crippen LogP contribution is 2.50. The number of pyridine rings is 3. The fraction of sp³-hybridized carbons (Fsp3) is 0. The van der Waals surface area contributed by atoms with Gasteiger partial charge in [0.05, 0.1) is 0 Å². The number of aromatic nitrogens is 3. The summed E-state index contributed by atoms with van der Waals surface area (Å²) in [5.74, 6) is 0. The van der Waals surface area contributed by atoms with E-state index in [1.54, 1.807) is 0 Å². The molecule has 0 unspecified atom stereocenters. The van der Waals surface area contributed by atoms with Crippen molar-refractivity contribution in [2.45, 2.75) is 0 Å². The van der Waals surface area contributed by atoms with Gasteiger partial charge in [-0.05, 0) is 135 Å². The minimum absolute atomic E-state index is 1.07. The Balaban J connectivity index is 1.37. The predicted molar refractivity (Wildman–Crippen MR) is 235 cm³/mol. The molecule has 3 nitrogen and oxygen atoms in total. The minimum atomic E-state index is 1.07. The molecule has 0 spiro atoms. The van der Waals surface area contributed by atoms with Crippen molar-refractivity contribution in [3.05, 3.63) is 201 Å².